The van der Waals surface area contributed by atoms with Gasteiger partial charge in [0.1, 0.15) is 23.0 Å². The van der Waals surface area contributed by atoms with Crippen molar-refractivity contribution in [2.45, 2.75) is 149 Å². The molecule has 1 atom stereocenters. The smallest absolute Gasteiger partial charge is 0.343 e. The molecule has 5 rings (SSSR count). The van der Waals surface area contributed by atoms with Gasteiger partial charge in [-0.05, 0) is 109 Å². The van der Waals surface area contributed by atoms with E-state index in [9.17, 15) is 9.59 Å². The molecule has 0 fully saturated rings. The van der Waals surface area contributed by atoms with Gasteiger partial charge in [0.2, 0.25) is 0 Å². The summed E-state index contributed by atoms with van der Waals surface area (Å²) >= 11 is 0. The molecular weight excluding hydrogens is 769 g/mol. The predicted molar refractivity (Wildman–Crippen MR) is 255 cm³/mol. The Balaban J connectivity index is 0.996. The average molecular weight is 839 g/mol. The normalized spacial score (nSPS) is 11.5. The SMILES string of the molecule is CCCCCCCCCCCCCCCCOc1ccc(-c2ccc(C(=O)Oc3cccc(OC(=O)c4ccc(-c5ccc(O[C@H](CC)CCCCC)cc5)cc4)c3)cc2)cc1. The lowest BCUT2D eigenvalue weighted by Crippen LogP contribution is -2.15. The largest absolute Gasteiger partial charge is 0.494 e. The molecule has 0 saturated carbocycles. The van der Waals surface area contributed by atoms with Crippen molar-refractivity contribution in [3.8, 4) is 45.3 Å². The van der Waals surface area contributed by atoms with E-state index in [-0.39, 0.29) is 17.6 Å². The Morgan fingerprint density at radius 3 is 1.24 bits per heavy atom. The molecule has 0 amide bonds. The van der Waals surface area contributed by atoms with Crippen LogP contribution >= 0.6 is 0 Å². The molecule has 330 valence electrons. The first-order chi connectivity index (χ1) is 30.4. The van der Waals surface area contributed by atoms with Gasteiger partial charge in [0, 0.05) is 6.07 Å². The number of hydrogen-bond donors (Lipinski definition) is 0. The second-order valence-corrected chi connectivity index (χ2v) is 16.5. The lowest BCUT2D eigenvalue weighted by atomic mass is 10.0. The third kappa shape index (κ3) is 16.8. The summed E-state index contributed by atoms with van der Waals surface area (Å²) in [6.45, 7) is 7.40. The number of carbonyl (C=O) groups is 2. The van der Waals surface area contributed by atoms with Gasteiger partial charge in [-0.15, -0.1) is 0 Å². The first-order valence-corrected chi connectivity index (χ1v) is 23.7. The molecule has 5 aromatic carbocycles. The van der Waals surface area contributed by atoms with E-state index >= 15 is 0 Å². The van der Waals surface area contributed by atoms with Crippen LogP contribution in [0.5, 0.6) is 23.0 Å². The minimum atomic E-state index is -0.502. The van der Waals surface area contributed by atoms with Crippen molar-refractivity contribution in [1.82, 2.24) is 0 Å². The highest BCUT2D eigenvalue weighted by Gasteiger charge is 2.14. The molecule has 0 aliphatic heterocycles. The van der Waals surface area contributed by atoms with Gasteiger partial charge in [-0.1, -0.05) is 172 Å². The van der Waals surface area contributed by atoms with Crippen LogP contribution in [-0.2, 0) is 0 Å². The maximum absolute atomic E-state index is 13.1. The summed E-state index contributed by atoms with van der Waals surface area (Å²) < 4.78 is 23.6. The van der Waals surface area contributed by atoms with Crippen LogP contribution in [0.3, 0.4) is 0 Å². The van der Waals surface area contributed by atoms with Crippen LogP contribution in [0.25, 0.3) is 22.3 Å². The minimum absolute atomic E-state index is 0.229. The number of hydrogen-bond acceptors (Lipinski definition) is 6. The Bertz CT molecular complexity index is 2000. The zero-order valence-electron chi connectivity index (χ0n) is 37.7. The van der Waals surface area contributed by atoms with Crippen molar-refractivity contribution in [1.29, 1.82) is 0 Å². The van der Waals surface area contributed by atoms with Crippen molar-refractivity contribution in [2.75, 3.05) is 6.61 Å². The highest BCUT2D eigenvalue weighted by Crippen LogP contribution is 2.27. The fourth-order valence-electron chi connectivity index (χ4n) is 7.65. The summed E-state index contributed by atoms with van der Waals surface area (Å²) in [5, 5.41) is 0. The van der Waals surface area contributed by atoms with Gasteiger partial charge >= 0.3 is 11.9 Å². The van der Waals surface area contributed by atoms with Crippen LogP contribution < -0.4 is 18.9 Å². The average Bonchev–Trinajstić information content (AvgIpc) is 3.30. The molecular formula is C56H70O6. The predicted octanol–water partition coefficient (Wildman–Crippen LogP) is 16.1. The van der Waals surface area contributed by atoms with E-state index in [0.29, 0.717) is 11.1 Å². The van der Waals surface area contributed by atoms with Gasteiger partial charge in [-0.2, -0.15) is 0 Å². The Morgan fingerprint density at radius 1 is 0.419 bits per heavy atom. The molecule has 0 spiro atoms. The van der Waals surface area contributed by atoms with Crippen molar-refractivity contribution in [3.63, 3.8) is 0 Å². The molecule has 0 bridgehead atoms. The van der Waals surface area contributed by atoms with E-state index in [0.717, 1.165) is 59.6 Å². The Hall–Kier alpha value is -5.36. The van der Waals surface area contributed by atoms with Crippen LogP contribution in [0.2, 0.25) is 0 Å². The van der Waals surface area contributed by atoms with Crippen molar-refractivity contribution in [3.05, 3.63) is 132 Å². The van der Waals surface area contributed by atoms with Gasteiger partial charge in [-0.3, -0.25) is 0 Å². The van der Waals surface area contributed by atoms with Gasteiger partial charge in [0.15, 0.2) is 0 Å². The van der Waals surface area contributed by atoms with Crippen LogP contribution in [0.15, 0.2) is 121 Å². The Labute approximate surface area is 372 Å². The molecule has 0 radical (unpaired) electrons. The van der Waals surface area contributed by atoms with E-state index in [4.69, 9.17) is 18.9 Å². The highest BCUT2D eigenvalue weighted by molar-refractivity contribution is 5.93. The summed E-state index contributed by atoms with van der Waals surface area (Å²) in [6, 6.07) is 37.4. The van der Waals surface area contributed by atoms with Crippen LogP contribution in [0.1, 0.15) is 163 Å². The molecule has 0 saturated heterocycles. The van der Waals surface area contributed by atoms with E-state index in [1.807, 2.05) is 72.8 Å². The van der Waals surface area contributed by atoms with Crippen molar-refractivity contribution < 1.29 is 28.5 Å². The molecule has 62 heavy (non-hydrogen) atoms. The molecule has 0 heterocycles. The van der Waals surface area contributed by atoms with Gasteiger partial charge in [0.05, 0.1) is 23.8 Å². The molecule has 0 aromatic heterocycles. The number of ether oxygens (including phenoxy) is 4. The summed E-state index contributed by atoms with van der Waals surface area (Å²) in [5.41, 5.74) is 4.87. The zero-order valence-corrected chi connectivity index (χ0v) is 37.7. The summed E-state index contributed by atoms with van der Waals surface area (Å²) in [5.74, 6) is 1.30. The van der Waals surface area contributed by atoms with Crippen LogP contribution in [-0.4, -0.2) is 24.6 Å². The number of unbranched alkanes of at least 4 members (excludes halogenated alkanes) is 15. The number of rotatable bonds is 29. The molecule has 0 aliphatic rings. The molecule has 0 N–H and O–H groups in total. The zero-order chi connectivity index (χ0) is 43.6. The van der Waals surface area contributed by atoms with Gasteiger partial charge in [-0.25, -0.2) is 9.59 Å². The highest BCUT2D eigenvalue weighted by atomic mass is 16.5. The summed E-state index contributed by atoms with van der Waals surface area (Å²) in [4.78, 5) is 26.1. The fraction of sp³-hybridized carbons (Fsp3) is 0.429. The maximum atomic E-state index is 13.1. The second kappa shape index (κ2) is 27.6. The molecule has 6 heteroatoms. The standard InChI is InChI=1S/C56H70O6/c1-4-7-9-10-11-12-13-14-15-16-17-18-19-21-42-59-51-38-34-46(35-39-51)44-26-30-48(31-27-44)55(57)61-53-24-22-25-54(43-53)62-56(58)49-32-28-45(29-33-49)47-36-40-52(41-37-47)60-50(6-3)23-20-8-5-2/h22,24-41,43,50H,4-21,23,42H2,1-3H3/t50-/m1/s1. The summed E-state index contributed by atoms with van der Waals surface area (Å²) in [7, 11) is 0. The van der Waals surface area contributed by atoms with Crippen molar-refractivity contribution in [2.24, 2.45) is 0 Å². The van der Waals surface area contributed by atoms with E-state index in [1.165, 1.54) is 109 Å². The van der Waals surface area contributed by atoms with Gasteiger partial charge < -0.3 is 18.9 Å². The Morgan fingerprint density at radius 2 is 0.806 bits per heavy atom. The third-order valence-electron chi connectivity index (χ3n) is 11.5. The fourth-order valence-corrected chi connectivity index (χ4v) is 7.65. The van der Waals surface area contributed by atoms with Crippen molar-refractivity contribution >= 4 is 11.9 Å². The first-order valence-electron chi connectivity index (χ1n) is 23.7. The van der Waals surface area contributed by atoms with Gasteiger partial charge in [0.25, 0.3) is 0 Å². The number of benzene rings is 5. The second-order valence-electron chi connectivity index (χ2n) is 16.5. The molecule has 0 aliphatic carbocycles. The van der Waals surface area contributed by atoms with Crippen LogP contribution in [0, 0.1) is 0 Å². The first kappa shape index (κ1) is 47.7. The summed E-state index contributed by atoms with van der Waals surface area (Å²) in [6.07, 6.45) is 24.7. The molecule has 5 aromatic rings. The minimum Gasteiger partial charge on any atom is -0.494 e. The lowest BCUT2D eigenvalue weighted by Gasteiger charge is -2.17. The quantitative estimate of drug-likeness (QED) is 0.0271. The topological polar surface area (TPSA) is 71.1 Å². The Kier molecular flexibility index (Phi) is 21.2. The number of esters is 2. The monoisotopic (exact) mass is 839 g/mol. The van der Waals surface area contributed by atoms with Crippen LogP contribution in [0.4, 0.5) is 0 Å². The molecule has 0 unspecified atom stereocenters. The number of carbonyl (C=O) groups excluding carboxylic acids is 2. The van der Waals surface area contributed by atoms with E-state index in [1.54, 1.807) is 42.5 Å². The molecule has 6 nitrogen and oxygen atoms in total. The van der Waals surface area contributed by atoms with E-state index in [2.05, 4.69) is 20.8 Å². The third-order valence-corrected chi connectivity index (χ3v) is 11.5. The maximum Gasteiger partial charge on any atom is 0.343 e. The van der Waals surface area contributed by atoms with E-state index < -0.39 is 11.9 Å². The lowest BCUT2D eigenvalue weighted by molar-refractivity contribution is 0.0732.